The van der Waals surface area contributed by atoms with E-state index in [9.17, 15) is 18.0 Å². The predicted octanol–water partition coefficient (Wildman–Crippen LogP) is 4.58. The largest absolute Gasteiger partial charge is 0.497 e. The fourth-order valence-corrected chi connectivity index (χ4v) is 2.79. The van der Waals surface area contributed by atoms with Crippen LogP contribution in [0.2, 0.25) is 5.02 Å². The van der Waals surface area contributed by atoms with E-state index in [-0.39, 0.29) is 22.1 Å². The van der Waals surface area contributed by atoms with Gasteiger partial charge in [-0.1, -0.05) is 17.7 Å². The Morgan fingerprint density at radius 3 is 2.69 bits per heavy atom. The lowest BCUT2D eigenvalue weighted by atomic mass is 10.2. The number of nitrogens with one attached hydrogen (secondary N) is 1. The topological polar surface area (TPSA) is 55.6 Å². The van der Waals surface area contributed by atoms with Crippen molar-refractivity contribution in [2.45, 2.75) is 13.1 Å². The maximum Gasteiger partial charge on any atom is 0.417 e. The zero-order valence-electron chi connectivity index (χ0n) is 13.7. The minimum absolute atomic E-state index is 0.0316. The summed E-state index contributed by atoms with van der Waals surface area (Å²) in [5.41, 5.74) is -0.236. The first kappa shape index (κ1) is 18.1. The van der Waals surface area contributed by atoms with Crippen LogP contribution in [-0.2, 0) is 6.18 Å². The second-order valence-electron chi connectivity index (χ2n) is 5.50. The molecule has 1 amide bonds. The zero-order chi connectivity index (χ0) is 19.1. The molecule has 0 unspecified atom stereocenters. The number of pyridine rings is 1. The number of carbonyl (C=O) groups is 1. The van der Waals surface area contributed by atoms with Gasteiger partial charge in [0.2, 0.25) is 0 Å². The van der Waals surface area contributed by atoms with Crippen molar-refractivity contribution in [3.05, 3.63) is 58.5 Å². The number of imidazole rings is 1. The first-order valence-electron chi connectivity index (χ1n) is 7.41. The van der Waals surface area contributed by atoms with Gasteiger partial charge in [0.1, 0.15) is 11.4 Å². The molecule has 0 spiro atoms. The predicted molar refractivity (Wildman–Crippen MR) is 90.9 cm³/mol. The molecule has 0 atom stereocenters. The number of halogens is 4. The average molecular weight is 384 g/mol. The molecule has 2 heterocycles. The molecular weight excluding hydrogens is 371 g/mol. The van der Waals surface area contributed by atoms with Gasteiger partial charge in [-0.15, -0.1) is 0 Å². The van der Waals surface area contributed by atoms with E-state index in [1.54, 1.807) is 24.3 Å². The summed E-state index contributed by atoms with van der Waals surface area (Å²) in [5, 5.41) is 2.43. The van der Waals surface area contributed by atoms with Crippen molar-refractivity contribution in [3.8, 4) is 5.75 Å². The Morgan fingerprint density at radius 2 is 2.04 bits per heavy atom. The summed E-state index contributed by atoms with van der Waals surface area (Å²) in [7, 11) is 1.48. The van der Waals surface area contributed by atoms with Gasteiger partial charge in [0.15, 0.2) is 5.65 Å². The molecule has 0 bridgehead atoms. The van der Waals surface area contributed by atoms with Gasteiger partial charge in [-0.2, -0.15) is 13.2 Å². The molecule has 3 rings (SSSR count). The third-order valence-corrected chi connectivity index (χ3v) is 4.00. The molecule has 136 valence electrons. The smallest absolute Gasteiger partial charge is 0.417 e. The number of rotatable bonds is 3. The summed E-state index contributed by atoms with van der Waals surface area (Å²) in [6.45, 7) is 1.52. The van der Waals surface area contributed by atoms with Gasteiger partial charge in [0, 0.05) is 18.0 Å². The highest BCUT2D eigenvalue weighted by molar-refractivity contribution is 6.33. The van der Waals surface area contributed by atoms with E-state index >= 15 is 0 Å². The van der Waals surface area contributed by atoms with Crippen LogP contribution < -0.4 is 10.1 Å². The number of aryl methyl sites for hydroxylation is 1. The number of methoxy groups -OCH3 is 1. The summed E-state index contributed by atoms with van der Waals surface area (Å²) in [4.78, 5) is 16.8. The van der Waals surface area contributed by atoms with Crippen LogP contribution in [0.15, 0.2) is 36.5 Å². The molecule has 0 aliphatic carbocycles. The standard InChI is InChI=1S/C17H13ClF3N3O2/c1-9-14(16(25)23-11-4-3-5-12(7-11)26-2)24-8-10(17(19,20)21)6-13(18)15(24)22-9/h3-8H,1-2H3,(H,23,25). The van der Waals surface area contributed by atoms with Crippen LogP contribution in [-0.4, -0.2) is 22.4 Å². The molecule has 1 aromatic carbocycles. The normalized spacial score (nSPS) is 11.6. The average Bonchev–Trinajstić information content (AvgIpc) is 2.91. The Kier molecular flexibility index (Phi) is 4.53. The number of ether oxygens (including phenoxy) is 1. The number of aromatic nitrogens is 2. The third kappa shape index (κ3) is 3.32. The van der Waals surface area contributed by atoms with E-state index in [0.717, 1.165) is 16.7 Å². The minimum atomic E-state index is -4.60. The second-order valence-corrected chi connectivity index (χ2v) is 5.91. The van der Waals surface area contributed by atoms with Crippen molar-refractivity contribution in [1.29, 1.82) is 0 Å². The monoisotopic (exact) mass is 383 g/mol. The molecule has 5 nitrogen and oxygen atoms in total. The number of fused-ring (bicyclic) bond motifs is 1. The molecule has 0 saturated heterocycles. The summed E-state index contributed by atoms with van der Waals surface area (Å²) < 4.78 is 45.3. The van der Waals surface area contributed by atoms with E-state index in [4.69, 9.17) is 16.3 Å². The lowest BCUT2D eigenvalue weighted by molar-refractivity contribution is -0.137. The number of anilines is 1. The van der Waals surface area contributed by atoms with Crippen LogP contribution in [0.4, 0.5) is 18.9 Å². The van der Waals surface area contributed by atoms with Crippen molar-refractivity contribution in [1.82, 2.24) is 9.38 Å². The van der Waals surface area contributed by atoms with E-state index in [1.165, 1.54) is 14.0 Å². The van der Waals surface area contributed by atoms with Crippen LogP contribution in [0.3, 0.4) is 0 Å². The van der Waals surface area contributed by atoms with Gasteiger partial charge in [0.05, 0.1) is 23.4 Å². The van der Waals surface area contributed by atoms with E-state index in [0.29, 0.717) is 11.4 Å². The number of benzene rings is 1. The highest BCUT2D eigenvalue weighted by Gasteiger charge is 2.33. The molecule has 1 N–H and O–H groups in total. The van der Waals surface area contributed by atoms with Gasteiger partial charge >= 0.3 is 6.18 Å². The Balaban J connectivity index is 2.07. The summed E-state index contributed by atoms with van der Waals surface area (Å²) in [6.07, 6.45) is -3.79. The maximum atomic E-state index is 13.1. The van der Waals surface area contributed by atoms with E-state index < -0.39 is 17.6 Å². The molecule has 3 aromatic rings. The first-order valence-corrected chi connectivity index (χ1v) is 7.79. The van der Waals surface area contributed by atoms with Crippen LogP contribution in [0.1, 0.15) is 21.7 Å². The molecule has 2 aromatic heterocycles. The number of alkyl halides is 3. The van der Waals surface area contributed by atoms with Crippen LogP contribution in [0.5, 0.6) is 5.75 Å². The Hall–Kier alpha value is -2.74. The molecule has 0 aliphatic heterocycles. The Bertz CT molecular complexity index is 999. The lowest BCUT2D eigenvalue weighted by Gasteiger charge is -2.10. The van der Waals surface area contributed by atoms with Crippen molar-refractivity contribution < 1.29 is 22.7 Å². The third-order valence-electron chi connectivity index (χ3n) is 3.72. The number of hydrogen-bond acceptors (Lipinski definition) is 3. The van der Waals surface area contributed by atoms with Crippen LogP contribution in [0.25, 0.3) is 5.65 Å². The zero-order valence-corrected chi connectivity index (χ0v) is 14.4. The maximum absolute atomic E-state index is 13.1. The summed E-state index contributed by atoms with van der Waals surface area (Å²) in [6, 6.07) is 7.38. The fraction of sp³-hybridized carbons (Fsp3) is 0.176. The molecule has 0 aliphatic rings. The van der Waals surface area contributed by atoms with Crippen LogP contribution >= 0.6 is 11.6 Å². The second kappa shape index (κ2) is 6.53. The number of hydrogen-bond donors (Lipinski definition) is 1. The van der Waals surface area contributed by atoms with Gasteiger partial charge in [-0.3, -0.25) is 9.20 Å². The van der Waals surface area contributed by atoms with Crippen molar-refractivity contribution in [3.63, 3.8) is 0 Å². The number of amides is 1. The first-order chi connectivity index (χ1) is 12.2. The molecule has 26 heavy (non-hydrogen) atoms. The Morgan fingerprint density at radius 1 is 1.31 bits per heavy atom. The molecule has 0 radical (unpaired) electrons. The van der Waals surface area contributed by atoms with Gasteiger partial charge in [-0.05, 0) is 25.1 Å². The lowest BCUT2D eigenvalue weighted by Crippen LogP contribution is -2.16. The van der Waals surface area contributed by atoms with E-state index in [2.05, 4.69) is 10.3 Å². The molecule has 0 fully saturated rings. The van der Waals surface area contributed by atoms with Crippen LogP contribution in [0, 0.1) is 6.92 Å². The van der Waals surface area contributed by atoms with Crippen molar-refractivity contribution in [2.75, 3.05) is 12.4 Å². The van der Waals surface area contributed by atoms with Gasteiger partial charge in [-0.25, -0.2) is 4.98 Å². The fourth-order valence-electron chi connectivity index (χ4n) is 2.54. The summed E-state index contributed by atoms with van der Waals surface area (Å²) >= 11 is 5.93. The molecule has 0 saturated carbocycles. The molecule has 9 heteroatoms. The highest BCUT2D eigenvalue weighted by Crippen LogP contribution is 2.33. The highest BCUT2D eigenvalue weighted by atomic mass is 35.5. The number of nitrogens with zero attached hydrogens (tertiary/aromatic N) is 2. The minimum Gasteiger partial charge on any atom is -0.497 e. The van der Waals surface area contributed by atoms with Gasteiger partial charge < -0.3 is 10.1 Å². The summed E-state index contributed by atoms with van der Waals surface area (Å²) in [5.74, 6) is -0.0845. The van der Waals surface area contributed by atoms with Gasteiger partial charge in [0.25, 0.3) is 5.91 Å². The quantitative estimate of drug-likeness (QED) is 0.720. The SMILES string of the molecule is COc1cccc(NC(=O)c2c(C)nc3c(Cl)cc(C(F)(F)F)cn23)c1. The number of carbonyl (C=O) groups excluding carboxylic acids is 1. The van der Waals surface area contributed by atoms with E-state index in [1.807, 2.05) is 0 Å². The van der Waals surface area contributed by atoms with Crippen molar-refractivity contribution in [2.24, 2.45) is 0 Å². The Labute approximate surface area is 151 Å². The molecular formula is C17H13ClF3N3O2. The van der Waals surface area contributed by atoms with Crippen molar-refractivity contribution >= 4 is 28.8 Å².